The molecule has 0 amide bonds. The van der Waals surface area contributed by atoms with Gasteiger partial charge in [0.25, 0.3) is 10.0 Å². The topological polar surface area (TPSA) is 46.2 Å². The highest BCUT2D eigenvalue weighted by Gasteiger charge is 2.32. The first-order chi connectivity index (χ1) is 10.5. The van der Waals surface area contributed by atoms with Crippen molar-refractivity contribution in [2.75, 3.05) is 4.72 Å². The third-order valence-electron chi connectivity index (χ3n) is 3.02. The number of benzene rings is 2. The van der Waals surface area contributed by atoms with Gasteiger partial charge in [0.2, 0.25) is 0 Å². The van der Waals surface area contributed by atoms with Crippen molar-refractivity contribution in [2.45, 2.75) is 24.9 Å². The first-order valence-electron chi connectivity index (χ1n) is 6.47. The Kier molecular flexibility index (Phi) is 4.64. The summed E-state index contributed by atoms with van der Waals surface area (Å²) >= 11 is 5.77. The van der Waals surface area contributed by atoms with Crippen molar-refractivity contribution in [1.82, 2.24) is 0 Å². The molecule has 0 fully saturated rings. The van der Waals surface area contributed by atoms with E-state index in [-0.39, 0.29) is 10.7 Å². The maximum atomic E-state index is 12.8. The lowest BCUT2D eigenvalue weighted by Crippen LogP contribution is -2.15. The van der Waals surface area contributed by atoms with Crippen LogP contribution in [0.5, 0.6) is 0 Å². The summed E-state index contributed by atoms with van der Waals surface area (Å²) in [6.45, 7) is 3.56. The van der Waals surface area contributed by atoms with E-state index in [1.54, 1.807) is 26.0 Å². The molecule has 124 valence electrons. The van der Waals surface area contributed by atoms with Crippen LogP contribution in [0.4, 0.5) is 18.9 Å². The van der Waals surface area contributed by atoms with E-state index < -0.39 is 26.7 Å². The Hall–Kier alpha value is -1.73. The molecule has 0 saturated heterocycles. The van der Waals surface area contributed by atoms with Gasteiger partial charge in [-0.25, -0.2) is 8.42 Å². The molecule has 0 bridgehead atoms. The SMILES string of the molecule is Cc1cc(C)cc(NS(=O)(=O)c2cc(C(F)(F)F)ccc2Cl)c1. The van der Waals surface area contributed by atoms with E-state index in [0.717, 1.165) is 23.3 Å². The fourth-order valence-corrected chi connectivity index (χ4v) is 3.70. The highest BCUT2D eigenvalue weighted by atomic mass is 35.5. The lowest BCUT2D eigenvalue weighted by atomic mass is 10.1. The summed E-state index contributed by atoms with van der Waals surface area (Å²) in [5, 5.41) is -0.283. The summed E-state index contributed by atoms with van der Waals surface area (Å²) < 4.78 is 65.3. The van der Waals surface area contributed by atoms with Gasteiger partial charge in [-0.1, -0.05) is 17.7 Å². The minimum atomic E-state index is -4.66. The monoisotopic (exact) mass is 363 g/mol. The van der Waals surface area contributed by atoms with E-state index in [4.69, 9.17) is 11.6 Å². The van der Waals surface area contributed by atoms with Gasteiger partial charge in [-0.2, -0.15) is 13.2 Å². The number of rotatable bonds is 3. The standard InChI is InChI=1S/C15H13ClF3NO2S/c1-9-5-10(2)7-12(6-9)20-23(21,22)14-8-11(15(17,18)19)3-4-13(14)16/h3-8,20H,1-2H3. The van der Waals surface area contributed by atoms with Gasteiger partial charge >= 0.3 is 6.18 Å². The van der Waals surface area contributed by atoms with Crippen LogP contribution in [0.3, 0.4) is 0 Å². The van der Waals surface area contributed by atoms with Crippen molar-refractivity contribution in [2.24, 2.45) is 0 Å². The van der Waals surface area contributed by atoms with Crippen LogP contribution in [0.15, 0.2) is 41.3 Å². The van der Waals surface area contributed by atoms with E-state index in [9.17, 15) is 21.6 Å². The van der Waals surface area contributed by atoms with Gasteiger partial charge in [-0.05, 0) is 55.3 Å². The summed E-state index contributed by atoms with van der Waals surface area (Å²) in [6.07, 6.45) is -4.66. The number of hydrogen-bond donors (Lipinski definition) is 1. The zero-order valence-electron chi connectivity index (χ0n) is 12.2. The van der Waals surface area contributed by atoms with Crippen LogP contribution in [0, 0.1) is 13.8 Å². The summed E-state index contributed by atoms with van der Waals surface area (Å²) in [4.78, 5) is -0.617. The van der Waals surface area contributed by atoms with Crippen molar-refractivity contribution in [3.63, 3.8) is 0 Å². The number of sulfonamides is 1. The van der Waals surface area contributed by atoms with Crippen molar-refractivity contribution >= 4 is 27.3 Å². The van der Waals surface area contributed by atoms with E-state index in [1.165, 1.54) is 0 Å². The van der Waals surface area contributed by atoms with Gasteiger partial charge in [0.05, 0.1) is 10.6 Å². The highest BCUT2D eigenvalue weighted by Crippen LogP contribution is 2.34. The molecule has 0 aliphatic carbocycles. The zero-order valence-corrected chi connectivity index (χ0v) is 13.8. The van der Waals surface area contributed by atoms with Crippen LogP contribution >= 0.6 is 11.6 Å². The molecule has 2 aromatic rings. The van der Waals surface area contributed by atoms with Crippen LogP contribution in [0.25, 0.3) is 0 Å². The molecule has 2 rings (SSSR count). The Morgan fingerprint density at radius 2 is 1.57 bits per heavy atom. The quantitative estimate of drug-likeness (QED) is 0.853. The van der Waals surface area contributed by atoms with Crippen LogP contribution in [-0.2, 0) is 16.2 Å². The van der Waals surface area contributed by atoms with E-state index in [0.29, 0.717) is 6.07 Å². The normalized spacial score (nSPS) is 12.3. The van der Waals surface area contributed by atoms with Gasteiger partial charge in [-0.15, -0.1) is 0 Å². The van der Waals surface area contributed by atoms with Crippen LogP contribution in [0.2, 0.25) is 5.02 Å². The molecular weight excluding hydrogens is 351 g/mol. The fourth-order valence-electron chi connectivity index (χ4n) is 2.13. The van der Waals surface area contributed by atoms with Crippen LogP contribution < -0.4 is 4.72 Å². The van der Waals surface area contributed by atoms with Crippen LogP contribution in [0.1, 0.15) is 16.7 Å². The lowest BCUT2D eigenvalue weighted by Gasteiger charge is -2.13. The number of alkyl halides is 3. The van der Waals surface area contributed by atoms with Crippen molar-refractivity contribution in [3.8, 4) is 0 Å². The molecule has 0 atom stereocenters. The van der Waals surface area contributed by atoms with E-state index in [1.807, 2.05) is 6.07 Å². The third kappa shape index (κ3) is 4.17. The minimum absolute atomic E-state index is 0.260. The number of nitrogens with one attached hydrogen (secondary N) is 1. The van der Waals surface area contributed by atoms with Crippen molar-refractivity contribution < 1.29 is 21.6 Å². The van der Waals surface area contributed by atoms with Gasteiger partial charge in [0, 0.05) is 5.69 Å². The molecule has 3 nitrogen and oxygen atoms in total. The molecule has 0 aromatic heterocycles. The van der Waals surface area contributed by atoms with Gasteiger partial charge in [0.15, 0.2) is 0 Å². The van der Waals surface area contributed by atoms with Crippen molar-refractivity contribution in [1.29, 1.82) is 0 Å². The van der Waals surface area contributed by atoms with Crippen LogP contribution in [-0.4, -0.2) is 8.42 Å². The molecule has 0 aliphatic heterocycles. The summed E-state index contributed by atoms with van der Waals surface area (Å²) in [7, 11) is -4.24. The average Bonchev–Trinajstić information content (AvgIpc) is 2.35. The summed E-state index contributed by atoms with van der Waals surface area (Å²) in [5.41, 5.74) is 0.814. The number of hydrogen-bond acceptors (Lipinski definition) is 2. The Bertz CT molecular complexity index is 828. The predicted molar refractivity (Wildman–Crippen MR) is 83.2 cm³/mol. The number of anilines is 1. The van der Waals surface area contributed by atoms with E-state index >= 15 is 0 Å². The molecule has 0 heterocycles. The van der Waals surface area contributed by atoms with E-state index in [2.05, 4.69) is 4.72 Å². The fraction of sp³-hybridized carbons (Fsp3) is 0.200. The number of aryl methyl sites for hydroxylation is 2. The summed E-state index contributed by atoms with van der Waals surface area (Å²) in [5.74, 6) is 0. The Morgan fingerprint density at radius 3 is 2.09 bits per heavy atom. The molecule has 0 unspecified atom stereocenters. The lowest BCUT2D eigenvalue weighted by molar-refractivity contribution is -0.137. The average molecular weight is 364 g/mol. The maximum Gasteiger partial charge on any atom is 0.416 e. The molecule has 8 heteroatoms. The predicted octanol–water partition coefficient (Wildman–Crippen LogP) is 4.78. The van der Waals surface area contributed by atoms with Gasteiger partial charge < -0.3 is 0 Å². The molecule has 2 aromatic carbocycles. The molecule has 0 spiro atoms. The molecule has 0 radical (unpaired) electrons. The Balaban J connectivity index is 2.47. The molecule has 1 N–H and O–H groups in total. The Morgan fingerprint density at radius 1 is 1.00 bits per heavy atom. The highest BCUT2D eigenvalue weighted by molar-refractivity contribution is 7.92. The number of halogens is 4. The van der Waals surface area contributed by atoms with Gasteiger partial charge in [0.1, 0.15) is 4.90 Å². The maximum absolute atomic E-state index is 12.8. The first kappa shape index (κ1) is 17.6. The second-order valence-corrected chi connectivity index (χ2v) is 7.18. The Labute approximate surface area is 137 Å². The zero-order chi connectivity index (χ0) is 17.4. The third-order valence-corrected chi connectivity index (χ3v) is 4.88. The van der Waals surface area contributed by atoms with Gasteiger partial charge in [-0.3, -0.25) is 4.72 Å². The van der Waals surface area contributed by atoms with Crippen molar-refractivity contribution in [3.05, 3.63) is 58.1 Å². The second-order valence-electron chi connectivity index (χ2n) is 5.12. The largest absolute Gasteiger partial charge is 0.416 e. The molecule has 0 saturated carbocycles. The summed E-state index contributed by atoms with van der Waals surface area (Å²) in [6, 6.07) is 7.17. The molecule has 23 heavy (non-hydrogen) atoms. The second kappa shape index (κ2) is 6.05. The smallest absolute Gasteiger partial charge is 0.280 e. The minimum Gasteiger partial charge on any atom is -0.280 e. The molecule has 0 aliphatic rings. The molecular formula is C15H13ClF3NO2S. The first-order valence-corrected chi connectivity index (χ1v) is 8.33.